The van der Waals surface area contributed by atoms with Crippen LogP contribution in [0.3, 0.4) is 0 Å². The third-order valence-electron chi connectivity index (χ3n) is 3.97. The SMILES string of the molecule is O=S(=O)(Cc1ccccc1Cl)N1CCOC(c2cc(Cl)cc(Cl)c2)C1. The van der Waals surface area contributed by atoms with Gasteiger partial charge in [-0.3, -0.25) is 0 Å². The molecule has 0 aliphatic carbocycles. The highest BCUT2D eigenvalue weighted by Gasteiger charge is 2.31. The first-order chi connectivity index (χ1) is 11.8. The largest absolute Gasteiger partial charge is 0.371 e. The minimum atomic E-state index is -3.52. The molecule has 2 aromatic carbocycles. The topological polar surface area (TPSA) is 46.6 Å². The van der Waals surface area contributed by atoms with E-state index in [1.165, 1.54) is 4.31 Å². The summed E-state index contributed by atoms with van der Waals surface area (Å²) in [7, 11) is -3.52. The summed E-state index contributed by atoms with van der Waals surface area (Å²) < 4.78 is 32.7. The van der Waals surface area contributed by atoms with Gasteiger partial charge in [-0.2, -0.15) is 4.31 Å². The highest BCUT2D eigenvalue weighted by molar-refractivity contribution is 7.88. The molecule has 1 saturated heterocycles. The Bertz CT molecular complexity index is 853. The van der Waals surface area contributed by atoms with Gasteiger partial charge in [0.05, 0.1) is 18.5 Å². The van der Waals surface area contributed by atoms with Crippen LogP contribution in [-0.2, 0) is 20.5 Å². The van der Waals surface area contributed by atoms with Gasteiger partial charge in [0.2, 0.25) is 10.0 Å². The number of nitrogens with zero attached hydrogens (tertiary/aromatic N) is 1. The summed E-state index contributed by atoms with van der Waals surface area (Å²) in [6.07, 6.45) is -0.411. The molecule has 134 valence electrons. The van der Waals surface area contributed by atoms with Gasteiger partial charge in [-0.05, 0) is 35.4 Å². The zero-order valence-electron chi connectivity index (χ0n) is 13.2. The second kappa shape index (κ2) is 7.82. The van der Waals surface area contributed by atoms with Gasteiger partial charge in [0.1, 0.15) is 0 Å². The molecule has 1 fully saturated rings. The third kappa shape index (κ3) is 4.67. The fourth-order valence-corrected chi connectivity index (χ4v) is 5.11. The Kier molecular flexibility index (Phi) is 5.93. The molecule has 1 heterocycles. The Morgan fingerprint density at radius 1 is 1.08 bits per heavy atom. The van der Waals surface area contributed by atoms with Crippen molar-refractivity contribution in [3.05, 3.63) is 68.7 Å². The van der Waals surface area contributed by atoms with E-state index in [2.05, 4.69) is 0 Å². The molecular weight excluding hydrogens is 405 g/mol. The lowest BCUT2D eigenvalue weighted by Gasteiger charge is -2.32. The van der Waals surface area contributed by atoms with Crippen LogP contribution in [0.15, 0.2) is 42.5 Å². The van der Waals surface area contributed by atoms with Crippen molar-refractivity contribution in [1.29, 1.82) is 0 Å². The molecule has 0 saturated carbocycles. The van der Waals surface area contributed by atoms with Crippen LogP contribution < -0.4 is 0 Å². The average Bonchev–Trinajstić information content (AvgIpc) is 2.56. The van der Waals surface area contributed by atoms with E-state index in [1.807, 2.05) is 0 Å². The second-order valence-electron chi connectivity index (χ2n) is 5.77. The lowest BCUT2D eigenvalue weighted by atomic mass is 10.1. The third-order valence-corrected chi connectivity index (χ3v) is 6.57. The van der Waals surface area contributed by atoms with Gasteiger partial charge >= 0.3 is 0 Å². The van der Waals surface area contributed by atoms with Crippen LogP contribution in [0.2, 0.25) is 15.1 Å². The van der Waals surface area contributed by atoms with E-state index in [4.69, 9.17) is 39.5 Å². The molecule has 8 heteroatoms. The quantitative estimate of drug-likeness (QED) is 0.729. The monoisotopic (exact) mass is 419 g/mol. The molecule has 0 amide bonds. The molecule has 0 spiro atoms. The van der Waals surface area contributed by atoms with Crippen molar-refractivity contribution in [1.82, 2.24) is 4.31 Å². The molecule has 3 rings (SSSR count). The lowest BCUT2D eigenvalue weighted by molar-refractivity contribution is -0.00259. The molecule has 1 aliphatic rings. The van der Waals surface area contributed by atoms with Crippen molar-refractivity contribution < 1.29 is 13.2 Å². The number of hydrogen-bond donors (Lipinski definition) is 0. The number of ether oxygens (including phenoxy) is 1. The number of benzene rings is 2. The Balaban J connectivity index is 1.79. The Morgan fingerprint density at radius 3 is 2.44 bits per heavy atom. The van der Waals surface area contributed by atoms with Crippen LogP contribution in [0.25, 0.3) is 0 Å². The van der Waals surface area contributed by atoms with Crippen molar-refractivity contribution >= 4 is 44.8 Å². The van der Waals surface area contributed by atoms with Crippen molar-refractivity contribution in [3.63, 3.8) is 0 Å². The zero-order valence-corrected chi connectivity index (χ0v) is 16.2. The van der Waals surface area contributed by atoms with Crippen molar-refractivity contribution in [3.8, 4) is 0 Å². The van der Waals surface area contributed by atoms with Gasteiger partial charge in [0.25, 0.3) is 0 Å². The predicted octanol–water partition coefficient (Wildman–Crippen LogP) is 4.55. The van der Waals surface area contributed by atoms with Gasteiger partial charge in [-0.1, -0.05) is 53.0 Å². The van der Waals surface area contributed by atoms with E-state index >= 15 is 0 Å². The summed E-state index contributed by atoms with van der Waals surface area (Å²) in [5.74, 6) is -0.143. The molecule has 0 radical (unpaired) electrons. The number of morpholine rings is 1. The Labute approximate surface area is 162 Å². The maximum Gasteiger partial charge on any atom is 0.218 e. The van der Waals surface area contributed by atoms with Gasteiger partial charge in [0, 0.05) is 28.2 Å². The minimum absolute atomic E-state index is 0.143. The normalized spacial score (nSPS) is 19.1. The summed E-state index contributed by atoms with van der Waals surface area (Å²) in [6.45, 7) is 0.817. The van der Waals surface area contributed by atoms with Crippen molar-refractivity contribution in [2.75, 3.05) is 19.7 Å². The fraction of sp³-hybridized carbons (Fsp3) is 0.294. The van der Waals surface area contributed by atoms with Crippen LogP contribution in [0.4, 0.5) is 0 Å². The van der Waals surface area contributed by atoms with E-state index in [0.717, 1.165) is 5.56 Å². The number of hydrogen-bond acceptors (Lipinski definition) is 3. The smallest absolute Gasteiger partial charge is 0.218 e. The standard InChI is InChI=1S/C17H16Cl3NO3S/c18-14-7-13(8-15(19)9-14)17-10-21(5-6-24-17)25(22,23)11-12-3-1-2-4-16(12)20/h1-4,7-9,17H,5-6,10-11H2. The first-order valence-corrected chi connectivity index (χ1v) is 10.4. The fourth-order valence-electron chi connectivity index (χ4n) is 2.74. The summed E-state index contributed by atoms with van der Waals surface area (Å²) >= 11 is 18.2. The molecular formula is C17H16Cl3NO3S. The van der Waals surface area contributed by atoms with E-state index < -0.39 is 16.1 Å². The second-order valence-corrected chi connectivity index (χ2v) is 9.02. The van der Waals surface area contributed by atoms with E-state index in [0.29, 0.717) is 33.8 Å². The number of halogens is 3. The first-order valence-electron chi connectivity index (χ1n) is 7.64. The van der Waals surface area contributed by atoms with Gasteiger partial charge in [-0.15, -0.1) is 0 Å². The highest BCUT2D eigenvalue weighted by Crippen LogP contribution is 2.30. The van der Waals surface area contributed by atoms with E-state index in [1.54, 1.807) is 42.5 Å². The van der Waals surface area contributed by atoms with Gasteiger partial charge < -0.3 is 4.74 Å². The molecule has 0 bridgehead atoms. The van der Waals surface area contributed by atoms with E-state index in [-0.39, 0.29) is 12.3 Å². The molecule has 0 N–H and O–H groups in total. The Morgan fingerprint density at radius 2 is 1.76 bits per heavy atom. The van der Waals surface area contributed by atoms with Gasteiger partial charge in [0.15, 0.2) is 0 Å². The maximum atomic E-state index is 12.8. The number of rotatable bonds is 4. The molecule has 0 aromatic heterocycles. The van der Waals surface area contributed by atoms with Crippen LogP contribution in [0.5, 0.6) is 0 Å². The van der Waals surface area contributed by atoms with Crippen molar-refractivity contribution in [2.45, 2.75) is 11.9 Å². The molecule has 1 unspecified atom stereocenters. The Hall–Kier alpha value is -0.820. The zero-order chi connectivity index (χ0) is 18.0. The van der Waals surface area contributed by atoms with Crippen LogP contribution in [0.1, 0.15) is 17.2 Å². The maximum absolute atomic E-state index is 12.8. The molecule has 2 aromatic rings. The molecule has 1 aliphatic heterocycles. The van der Waals surface area contributed by atoms with Gasteiger partial charge in [-0.25, -0.2) is 8.42 Å². The average molecular weight is 421 g/mol. The number of sulfonamides is 1. The molecule has 25 heavy (non-hydrogen) atoms. The minimum Gasteiger partial charge on any atom is -0.371 e. The summed E-state index contributed by atoms with van der Waals surface area (Å²) in [5, 5.41) is 1.42. The van der Waals surface area contributed by atoms with Crippen LogP contribution in [0, 0.1) is 0 Å². The molecule has 1 atom stereocenters. The predicted molar refractivity (Wildman–Crippen MR) is 101 cm³/mol. The van der Waals surface area contributed by atoms with Crippen LogP contribution in [-0.4, -0.2) is 32.4 Å². The lowest BCUT2D eigenvalue weighted by Crippen LogP contribution is -2.42. The highest BCUT2D eigenvalue weighted by atomic mass is 35.5. The van der Waals surface area contributed by atoms with E-state index in [9.17, 15) is 8.42 Å². The van der Waals surface area contributed by atoms with Crippen LogP contribution >= 0.6 is 34.8 Å². The summed E-state index contributed by atoms with van der Waals surface area (Å²) in [4.78, 5) is 0. The first kappa shape index (κ1) is 19.0. The van der Waals surface area contributed by atoms with Crippen molar-refractivity contribution in [2.24, 2.45) is 0 Å². The molecule has 4 nitrogen and oxygen atoms in total. The summed E-state index contributed by atoms with van der Waals surface area (Å²) in [5.41, 5.74) is 1.34. The summed E-state index contributed by atoms with van der Waals surface area (Å²) in [6, 6.07) is 12.0.